The molecule has 66 heavy (non-hydrogen) atoms. The number of esters is 2. The van der Waals surface area contributed by atoms with E-state index >= 15 is 17.6 Å². The zero-order valence-electron chi connectivity index (χ0n) is 38.1. The summed E-state index contributed by atoms with van der Waals surface area (Å²) in [6, 6.07) is 22.6. The Kier molecular flexibility index (Phi) is 17.8. The molecule has 2 aliphatic carbocycles. The van der Waals surface area contributed by atoms with Gasteiger partial charge in [-0.15, -0.1) is 0 Å². The minimum Gasteiger partial charge on any atom is -0.458 e. The molecule has 354 valence electrons. The molecule has 0 radical (unpaired) electrons. The van der Waals surface area contributed by atoms with E-state index in [4.69, 9.17) is 30.4 Å². The first kappa shape index (κ1) is 49.6. The lowest BCUT2D eigenvalue weighted by Gasteiger charge is -2.33. The van der Waals surface area contributed by atoms with Crippen molar-refractivity contribution in [3.05, 3.63) is 119 Å². The van der Waals surface area contributed by atoms with E-state index in [1.165, 1.54) is 48.6 Å². The van der Waals surface area contributed by atoms with E-state index in [2.05, 4.69) is 13.8 Å². The number of nitrogens with two attached hydrogens (primary N) is 2. The van der Waals surface area contributed by atoms with Crippen LogP contribution in [0.5, 0.6) is 11.5 Å². The highest BCUT2D eigenvalue weighted by molar-refractivity contribution is 5.88. The number of nitrogen functional groups attached to an aromatic ring is 2. The van der Waals surface area contributed by atoms with E-state index in [1.54, 1.807) is 60.7 Å². The molecule has 0 saturated heterocycles. The van der Waals surface area contributed by atoms with Crippen LogP contribution in [0.15, 0.2) is 97.1 Å². The van der Waals surface area contributed by atoms with E-state index in [0.717, 1.165) is 64.2 Å². The number of alkyl halides is 4. The lowest BCUT2D eigenvalue weighted by Crippen LogP contribution is -2.37. The van der Waals surface area contributed by atoms with Gasteiger partial charge in [-0.2, -0.15) is 17.6 Å². The maximum atomic E-state index is 15.1. The van der Waals surface area contributed by atoms with Crippen LogP contribution in [0, 0.1) is 23.7 Å². The molecule has 4 aromatic carbocycles. The van der Waals surface area contributed by atoms with Gasteiger partial charge in [-0.1, -0.05) is 88.8 Å². The fourth-order valence-electron chi connectivity index (χ4n) is 9.05. The number of hydrogen-bond acceptors (Lipinski definition) is 8. The van der Waals surface area contributed by atoms with Crippen LogP contribution >= 0.6 is 0 Å². The van der Waals surface area contributed by atoms with E-state index in [-0.39, 0.29) is 24.7 Å². The van der Waals surface area contributed by atoms with Gasteiger partial charge in [0, 0.05) is 23.5 Å². The number of halogens is 4. The monoisotopic (exact) mass is 912 g/mol. The molecule has 12 heteroatoms. The molecule has 0 bridgehead atoms. The van der Waals surface area contributed by atoms with Gasteiger partial charge in [0.1, 0.15) is 24.7 Å². The molecule has 6 rings (SSSR count). The zero-order valence-corrected chi connectivity index (χ0v) is 38.1. The topological polar surface area (TPSA) is 123 Å². The first-order chi connectivity index (χ1) is 31.7. The van der Waals surface area contributed by atoms with Crippen molar-refractivity contribution in [2.45, 2.75) is 129 Å². The molecule has 4 N–H and O–H groups in total. The maximum Gasteiger partial charge on any atom is 0.400 e. The predicted octanol–water partition coefficient (Wildman–Crippen LogP) is 14.0. The van der Waals surface area contributed by atoms with Gasteiger partial charge in [0.2, 0.25) is 0 Å². The smallest absolute Gasteiger partial charge is 0.400 e. The third kappa shape index (κ3) is 14.6. The number of unbranched alkanes of at least 4 members (excludes halogenated alkanes) is 2. The molecule has 0 spiro atoms. The van der Waals surface area contributed by atoms with Gasteiger partial charge < -0.3 is 30.4 Å². The minimum absolute atomic E-state index is 0.0562. The van der Waals surface area contributed by atoms with Crippen LogP contribution in [0.4, 0.5) is 28.9 Å². The molecule has 4 aromatic rings. The van der Waals surface area contributed by atoms with Crippen molar-refractivity contribution in [2.75, 3.05) is 11.5 Å². The summed E-state index contributed by atoms with van der Waals surface area (Å²) in [5.41, 5.74) is 16.9. The molecule has 0 heterocycles. The number of carbonyl (C=O) groups excluding carboxylic acids is 2. The van der Waals surface area contributed by atoms with Crippen molar-refractivity contribution < 1.29 is 46.1 Å². The Morgan fingerprint density at radius 1 is 0.561 bits per heavy atom. The Hall–Kier alpha value is -5.78. The van der Waals surface area contributed by atoms with Crippen LogP contribution in [0.25, 0.3) is 23.3 Å². The lowest BCUT2D eigenvalue weighted by atomic mass is 9.79. The van der Waals surface area contributed by atoms with Crippen LogP contribution in [0.2, 0.25) is 0 Å². The quantitative estimate of drug-likeness (QED) is 0.0367. The second-order valence-corrected chi connectivity index (χ2v) is 17.9. The van der Waals surface area contributed by atoms with E-state index in [1.807, 2.05) is 0 Å². The Morgan fingerprint density at radius 3 is 1.27 bits per heavy atom. The van der Waals surface area contributed by atoms with E-state index < -0.39 is 36.0 Å². The van der Waals surface area contributed by atoms with Gasteiger partial charge in [0.15, 0.2) is 0 Å². The summed E-state index contributed by atoms with van der Waals surface area (Å²) >= 11 is 0. The summed E-state index contributed by atoms with van der Waals surface area (Å²) in [4.78, 5) is 25.7. The first-order valence-electron chi connectivity index (χ1n) is 23.5. The molecule has 0 aliphatic heterocycles. The third-order valence-corrected chi connectivity index (χ3v) is 13.0. The van der Waals surface area contributed by atoms with Crippen molar-refractivity contribution in [1.29, 1.82) is 0 Å². The summed E-state index contributed by atoms with van der Waals surface area (Å²) in [5.74, 6) is -1.77. The van der Waals surface area contributed by atoms with Gasteiger partial charge >= 0.3 is 24.2 Å². The third-order valence-electron chi connectivity index (χ3n) is 13.0. The summed E-state index contributed by atoms with van der Waals surface area (Å²) in [7, 11) is 0. The van der Waals surface area contributed by atoms with Crippen molar-refractivity contribution in [2.24, 2.45) is 23.7 Å². The van der Waals surface area contributed by atoms with Crippen molar-refractivity contribution in [3.8, 4) is 22.6 Å². The molecule has 2 aliphatic rings. The number of rotatable bonds is 21. The van der Waals surface area contributed by atoms with Crippen LogP contribution in [-0.2, 0) is 32.3 Å². The maximum absolute atomic E-state index is 15.1. The van der Waals surface area contributed by atoms with Gasteiger partial charge in [0.05, 0.1) is 11.8 Å². The highest BCUT2D eigenvalue weighted by Gasteiger charge is 2.45. The van der Waals surface area contributed by atoms with Gasteiger partial charge in [0.25, 0.3) is 0 Å². The largest absolute Gasteiger partial charge is 0.458 e. The second-order valence-electron chi connectivity index (χ2n) is 17.9. The molecule has 2 fully saturated rings. The van der Waals surface area contributed by atoms with Crippen LogP contribution in [0.1, 0.15) is 126 Å². The molecule has 8 nitrogen and oxygen atoms in total. The summed E-state index contributed by atoms with van der Waals surface area (Å²) < 4.78 is 81.8. The molecular weight excluding hydrogens is 849 g/mol. The number of ether oxygens (including phenoxy) is 4. The van der Waals surface area contributed by atoms with E-state index in [0.29, 0.717) is 82.3 Å². The van der Waals surface area contributed by atoms with E-state index in [9.17, 15) is 9.59 Å². The second kappa shape index (κ2) is 23.6. The SMILES string of the molecule is CCCCC1CCC(C(F)(F)Oc2ccc(/C=C/C(=O)OCc3cc(N)ccc3-c3ccc(N)cc3COC(=O)/C=C/c3ccc(OC(F)(F)C4CCC(CCCC)CC4)cc3)cc2)CC1. The van der Waals surface area contributed by atoms with Crippen LogP contribution < -0.4 is 20.9 Å². The van der Waals surface area contributed by atoms with Gasteiger partial charge in [-0.05, 0) is 157 Å². The Morgan fingerprint density at radius 2 is 0.924 bits per heavy atom. The number of anilines is 2. The average molecular weight is 913 g/mol. The fourth-order valence-corrected chi connectivity index (χ4v) is 9.05. The van der Waals surface area contributed by atoms with Gasteiger partial charge in [-0.3, -0.25) is 0 Å². The van der Waals surface area contributed by atoms with Crippen molar-refractivity contribution in [1.82, 2.24) is 0 Å². The van der Waals surface area contributed by atoms with Crippen LogP contribution in [-0.4, -0.2) is 24.2 Å². The molecule has 0 amide bonds. The Labute approximate surface area is 386 Å². The normalized spacial score (nSPS) is 19.2. The molecule has 0 unspecified atom stereocenters. The minimum atomic E-state index is -3.27. The first-order valence-corrected chi connectivity index (χ1v) is 23.5. The molecule has 2 saturated carbocycles. The number of carbonyl (C=O) groups is 2. The molecule has 0 aromatic heterocycles. The number of hydrogen-bond donors (Lipinski definition) is 2. The fraction of sp³-hybridized carbons (Fsp3) is 0.444. The summed E-state index contributed by atoms with van der Waals surface area (Å²) in [6.45, 7) is 4.00. The van der Waals surface area contributed by atoms with Crippen LogP contribution in [0.3, 0.4) is 0 Å². The summed E-state index contributed by atoms with van der Waals surface area (Å²) in [6.07, 6.45) is 10.7. The highest BCUT2D eigenvalue weighted by Crippen LogP contribution is 2.43. The Balaban J connectivity index is 0.997. The van der Waals surface area contributed by atoms with Crippen molar-refractivity contribution >= 4 is 35.5 Å². The van der Waals surface area contributed by atoms with Crippen molar-refractivity contribution in [3.63, 3.8) is 0 Å². The number of benzene rings is 4. The lowest BCUT2D eigenvalue weighted by molar-refractivity contribution is -0.224. The van der Waals surface area contributed by atoms with Gasteiger partial charge in [-0.25, -0.2) is 9.59 Å². The predicted molar refractivity (Wildman–Crippen MR) is 252 cm³/mol. The molecular formula is C54H64F4N2O6. The molecule has 0 atom stereocenters. The summed E-state index contributed by atoms with van der Waals surface area (Å²) in [5, 5.41) is 0. The highest BCUT2D eigenvalue weighted by atomic mass is 19.3. The average Bonchev–Trinajstić information content (AvgIpc) is 3.31. The Bertz CT molecular complexity index is 2090. The zero-order chi connectivity index (χ0) is 47.1. The standard InChI is InChI=1S/C54H64F4N2O6/c1-3-5-7-37-9-19-43(20-10-37)53(55,56)65-47-25-13-39(14-26-47)17-31-51(61)63-35-41-33-45(59)23-29-49(41)50-30-24-46(60)34-42(50)36-64-52(62)32-18-40-15-27-48(28-16-40)66-54(57,58)44-21-11-38(12-22-44)8-6-4-2/h13-18,23-34,37-38,43-44H,3-12,19-22,35-36,59-60H2,1-2H3/b31-17+,32-18+.